The molecule has 3 aromatic rings. The lowest BCUT2D eigenvalue weighted by Gasteiger charge is -2.24. The molecule has 0 spiro atoms. The first-order valence-electron chi connectivity index (χ1n) is 21.6. The van der Waals surface area contributed by atoms with E-state index in [0.29, 0.717) is 12.1 Å². The third-order valence-corrected chi connectivity index (χ3v) is 12.4. The van der Waals surface area contributed by atoms with Crippen molar-refractivity contribution in [3.05, 3.63) is 59.0 Å². The molecule has 322 valence electrons. The van der Waals surface area contributed by atoms with E-state index in [-0.39, 0.29) is 31.3 Å². The number of aliphatic hydroxyl groups is 2. The second-order valence-corrected chi connectivity index (χ2v) is 17.4. The zero-order valence-electron chi connectivity index (χ0n) is 34.3. The average Bonchev–Trinajstić information content (AvgIpc) is 3.94. The van der Waals surface area contributed by atoms with Crippen LogP contribution in [0.5, 0.6) is 0 Å². The third kappa shape index (κ3) is 13.3. The van der Waals surface area contributed by atoms with Crippen LogP contribution in [0.1, 0.15) is 138 Å². The largest absolute Gasteiger partial charge is 0.472 e. The van der Waals surface area contributed by atoms with Gasteiger partial charge in [0.15, 0.2) is 5.82 Å². The maximum atomic E-state index is 13.1. The summed E-state index contributed by atoms with van der Waals surface area (Å²) in [6.45, 7) is 2.28. The number of aliphatic hydroxyl groups excluding tert-OH is 2. The molecule has 6 atom stereocenters. The van der Waals surface area contributed by atoms with Gasteiger partial charge >= 0.3 is 7.82 Å². The Morgan fingerprint density at radius 2 is 1.59 bits per heavy atom. The standard InChI is InChI=1S/C43H66N5O9P/c1-2-3-4-5-6-7-8-9-10-11-12-13-14-15-16-17-25-53-28-36(54-27-33-21-22-34-19-18-20-35(34)26-33)29-55-58(51,52)56-30-38-40(49)41(50)43(31-44,57-38)39-24-23-37-42(45)46-32-47-48(37)39/h21-24,26,32,36,38,40-41,49-50H,2-20,25,27-30H2,1H3,(H,51,52)(H2,45,46,47)/t36-,38-,40-,41-,43+/m1/s1. The zero-order valence-corrected chi connectivity index (χ0v) is 35.2. The fourth-order valence-electron chi connectivity index (χ4n) is 7.97. The van der Waals surface area contributed by atoms with E-state index in [2.05, 4.69) is 29.1 Å². The lowest BCUT2D eigenvalue weighted by Crippen LogP contribution is -2.41. The van der Waals surface area contributed by atoms with Crippen LogP contribution in [0, 0.1) is 11.3 Å². The normalized spacial score (nSPS) is 21.9. The number of rotatable bonds is 29. The van der Waals surface area contributed by atoms with Gasteiger partial charge in [-0.2, -0.15) is 10.4 Å². The number of hydrogen-bond donors (Lipinski definition) is 4. The molecule has 5 rings (SSSR count). The van der Waals surface area contributed by atoms with Gasteiger partial charge in [0.1, 0.15) is 42.3 Å². The maximum Gasteiger partial charge on any atom is 0.472 e. The minimum Gasteiger partial charge on any atom is -0.387 e. The Morgan fingerprint density at radius 3 is 2.26 bits per heavy atom. The van der Waals surface area contributed by atoms with Crippen molar-refractivity contribution in [2.75, 3.05) is 32.2 Å². The average molecular weight is 828 g/mol. The second-order valence-electron chi connectivity index (χ2n) is 15.9. The minimum absolute atomic E-state index is 0.0968. The topological polar surface area (TPSA) is 204 Å². The number of anilines is 1. The minimum atomic E-state index is -4.72. The molecule has 5 N–H and O–H groups in total. The van der Waals surface area contributed by atoms with Crippen molar-refractivity contribution in [3.63, 3.8) is 0 Å². The number of ether oxygens (including phenoxy) is 3. The first-order valence-corrected chi connectivity index (χ1v) is 23.1. The molecule has 58 heavy (non-hydrogen) atoms. The molecule has 0 radical (unpaired) electrons. The van der Waals surface area contributed by atoms with Gasteiger partial charge in [-0.05, 0) is 54.5 Å². The lowest BCUT2D eigenvalue weighted by molar-refractivity contribution is -0.0690. The molecule has 2 aromatic heterocycles. The molecule has 1 aromatic carbocycles. The first kappa shape index (κ1) is 46.1. The number of phosphoric acid groups is 1. The summed E-state index contributed by atoms with van der Waals surface area (Å²) in [5, 5.41) is 36.1. The van der Waals surface area contributed by atoms with Crippen LogP contribution < -0.4 is 5.73 Å². The number of nitrogens with two attached hydrogens (primary N) is 1. The molecular weight excluding hydrogens is 761 g/mol. The van der Waals surface area contributed by atoms with Crippen molar-refractivity contribution < 1.29 is 42.9 Å². The smallest absolute Gasteiger partial charge is 0.387 e. The van der Waals surface area contributed by atoms with Gasteiger partial charge in [0.2, 0.25) is 5.60 Å². The van der Waals surface area contributed by atoms with Crippen LogP contribution in [-0.4, -0.2) is 80.5 Å². The monoisotopic (exact) mass is 827 g/mol. The predicted molar refractivity (Wildman–Crippen MR) is 221 cm³/mol. The maximum absolute atomic E-state index is 13.1. The number of nitrogen functional groups attached to an aromatic ring is 1. The number of benzene rings is 1. The molecule has 1 unspecified atom stereocenters. The second kappa shape index (κ2) is 23.7. The van der Waals surface area contributed by atoms with Crippen molar-refractivity contribution in [3.8, 4) is 6.07 Å². The van der Waals surface area contributed by atoms with Gasteiger partial charge in [0.05, 0.1) is 32.1 Å². The summed E-state index contributed by atoms with van der Waals surface area (Å²) in [6, 6.07) is 11.3. The highest BCUT2D eigenvalue weighted by molar-refractivity contribution is 7.47. The molecule has 1 aliphatic carbocycles. The van der Waals surface area contributed by atoms with E-state index < -0.39 is 44.4 Å². The molecule has 1 fully saturated rings. The van der Waals surface area contributed by atoms with Crippen LogP contribution in [0.25, 0.3) is 5.52 Å². The number of fused-ring (bicyclic) bond motifs is 2. The molecule has 14 nitrogen and oxygen atoms in total. The number of nitriles is 1. The van der Waals surface area contributed by atoms with Crippen LogP contribution in [0.4, 0.5) is 5.82 Å². The molecule has 0 saturated carbocycles. The van der Waals surface area contributed by atoms with E-state index in [9.17, 15) is 24.9 Å². The summed E-state index contributed by atoms with van der Waals surface area (Å²) >= 11 is 0. The van der Waals surface area contributed by atoms with Gasteiger partial charge in [-0.25, -0.2) is 14.1 Å². The van der Waals surface area contributed by atoms with Crippen LogP contribution >= 0.6 is 7.82 Å². The molecule has 3 heterocycles. The van der Waals surface area contributed by atoms with E-state index in [1.165, 1.54) is 118 Å². The predicted octanol–water partition coefficient (Wildman–Crippen LogP) is 7.64. The van der Waals surface area contributed by atoms with Gasteiger partial charge in [-0.1, -0.05) is 121 Å². The van der Waals surface area contributed by atoms with Crippen LogP contribution in [0.15, 0.2) is 36.7 Å². The van der Waals surface area contributed by atoms with Crippen LogP contribution in [-0.2, 0) is 52.9 Å². The summed E-state index contributed by atoms with van der Waals surface area (Å²) in [5.41, 5.74) is 8.00. The molecule has 1 aliphatic heterocycles. The fourth-order valence-corrected chi connectivity index (χ4v) is 8.74. The summed E-state index contributed by atoms with van der Waals surface area (Å²) < 4.78 is 43.0. The van der Waals surface area contributed by atoms with Gasteiger partial charge < -0.3 is 35.1 Å². The van der Waals surface area contributed by atoms with Crippen molar-refractivity contribution >= 4 is 19.2 Å². The highest BCUT2D eigenvalue weighted by Crippen LogP contribution is 2.46. The number of aryl methyl sites for hydroxylation is 2. The number of nitrogens with zero attached hydrogens (tertiary/aromatic N) is 4. The van der Waals surface area contributed by atoms with Gasteiger partial charge in [0.25, 0.3) is 0 Å². The Morgan fingerprint density at radius 1 is 0.931 bits per heavy atom. The summed E-state index contributed by atoms with van der Waals surface area (Å²) in [5.74, 6) is 0.140. The SMILES string of the molecule is CCCCCCCCCCCCCCCCCCOC[C@H](COP(=O)(O)OC[C@H]1O[C@@](C#N)(c2ccc3c(N)ncnn23)[C@H](O)[C@@H]1O)OCc1ccc2c(c1)CCC2. The number of aromatic nitrogens is 3. The van der Waals surface area contributed by atoms with Crippen molar-refractivity contribution in [2.24, 2.45) is 0 Å². The number of hydrogen-bond acceptors (Lipinski definition) is 12. The van der Waals surface area contributed by atoms with Crippen molar-refractivity contribution in [2.45, 2.75) is 166 Å². The lowest BCUT2D eigenvalue weighted by atomic mass is 9.92. The summed E-state index contributed by atoms with van der Waals surface area (Å²) in [6.07, 6.45) is 19.7. The Labute approximate surface area is 344 Å². The third-order valence-electron chi connectivity index (χ3n) is 11.4. The van der Waals surface area contributed by atoms with Gasteiger partial charge in [0, 0.05) is 6.61 Å². The summed E-state index contributed by atoms with van der Waals surface area (Å²) in [4.78, 5) is 14.6. The summed E-state index contributed by atoms with van der Waals surface area (Å²) in [7, 11) is -4.72. The Kier molecular flexibility index (Phi) is 18.9. The quantitative estimate of drug-likeness (QED) is 0.0393. The number of unbranched alkanes of at least 4 members (excludes halogenated alkanes) is 15. The fraction of sp³-hybridized carbons (Fsp3) is 0.698. The first-order chi connectivity index (χ1) is 28.2. The van der Waals surface area contributed by atoms with Crippen LogP contribution in [0.3, 0.4) is 0 Å². The Bertz CT molecular complexity index is 1770. The Balaban J connectivity index is 1.03. The van der Waals surface area contributed by atoms with Gasteiger partial charge in [-0.3, -0.25) is 9.05 Å². The Hall–Kier alpha value is -2.96. The van der Waals surface area contributed by atoms with Crippen LogP contribution in [0.2, 0.25) is 0 Å². The van der Waals surface area contributed by atoms with Crippen molar-refractivity contribution in [1.82, 2.24) is 14.6 Å². The van der Waals surface area contributed by atoms with Crippen molar-refractivity contribution in [1.29, 1.82) is 5.26 Å². The van der Waals surface area contributed by atoms with E-state index in [0.717, 1.165) is 37.7 Å². The molecular formula is C43H66N5O9P. The van der Waals surface area contributed by atoms with E-state index >= 15 is 0 Å². The molecule has 0 bridgehead atoms. The van der Waals surface area contributed by atoms with E-state index in [4.69, 9.17) is 29.0 Å². The van der Waals surface area contributed by atoms with E-state index in [1.807, 2.05) is 12.1 Å². The molecule has 15 heteroatoms. The van der Waals surface area contributed by atoms with E-state index in [1.54, 1.807) is 6.07 Å². The zero-order chi connectivity index (χ0) is 41.2. The highest BCUT2D eigenvalue weighted by Gasteiger charge is 2.58. The highest BCUT2D eigenvalue weighted by atomic mass is 31.2. The molecule has 2 aliphatic rings. The van der Waals surface area contributed by atoms with Gasteiger partial charge in [-0.15, -0.1) is 0 Å². The number of phosphoric ester groups is 1. The molecule has 0 amide bonds. The molecule has 1 saturated heterocycles.